The number of benzene rings is 4. The first-order valence-corrected chi connectivity index (χ1v) is 15.5. The Bertz CT molecular complexity index is 2480. The number of pyridine rings is 3. The lowest BCUT2D eigenvalue weighted by molar-refractivity contribution is 1.16. The first kappa shape index (κ1) is 26.8. The molecule has 4 aromatic carbocycles. The van der Waals surface area contributed by atoms with Crippen molar-refractivity contribution in [2.45, 2.75) is 0 Å². The van der Waals surface area contributed by atoms with Crippen LogP contribution in [0.4, 0.5) is 0 Å². The Kier molecular flexibility index (Phi) is 6.35. The molecule has 6 heteroatoms. The summed E-state index contributed by atoms with van der Waals surface area (Å²) in [5, 5.41) is 1.05. The van der Waals surface area contributed by atoms with Gasteiger partial charge in [0.05, 0.1) is 33.8 Å². The fourth-order valence-electron chi connectivity index (χ4n) is 6.17. The summed E-state index contributed by atoms with van der Waals surface area (Å²) in [6.07, 6.45) is 3.84. The molecule has 0 aliphatic rings. The normalized spacial score (nSPS) is 11.4. The van der Waals surface area contributed by atoms with Crippen LogP contribution in [0, 0.1) is 0 Å². The average molecular weight is 603 g/mol. The number of hydrogen-bond acceptors (Lipinski definition) is 5. The van der Waals surface area contributed by atoms with Crippen LogP contribution in [0.15, 0.2) is 158 Å². The topological polar surface area (TPSA) is 68.9 Å². The monoisotopic (exact) mass is 602 g/mol. The predicted octanol–water partition coefficient (Wildman–Crippen LogP) is 9.56. The van der Waals surface area contributed by atoms with Crippen LogP contribution in [-0.2, 0) is 0 Å². The molecule has 0 atom stereocenters. The second-order valence-electron chi connectivity index (χ2n) is 11.4. The minimum atomic E-state index is 0.672. The largest absolute Gasteiger partial charge is 0.298 e. The van der Waals surface area contributed by atoms with Crippen molar-refractivity contribution in [1.29, 1.82) is 0 Å². The van der Waals surface area contributed by atoms with Crippen molar-refractivity contribution in [3.05, 3.63) is 158 Å². The summed E-state index contributed by atoms with van der Waals surface area (Å²) in [6, 6.07) is 49.4. The minimum absolute atomic E-state index is 0.672. The van der Waals surface area contributed by atoms with Crippen molar-refractivity contribution in [1.82, 2.24) is 29.3 Å². The fraction of sp³-hybridized carbons (Fsp3) is 0. The van der Waals surface area contributed by atoms with Crippen LogP contribution in [-0.4, -0.2) is 29.3 Å². The van der Waals surface area contributed by atoms with Crippen LogP contribution >= 0.6 is 0 Å². The quantitative estimate of drug-likeness (QED) is 0.196. The summed E-state index contributed by atoms with van der Waals surface area (Å²) >= 11 is 0. The Hall–Kier alpha value is -6.53. The first-order valence-electron chi connectivity index (χ1n) is 15.5. The van der Waals surface area contributed by atoms with E-state index in [0.29, 0.717) is 5.82 Å². The van der Waals surface area contributed by atoms with E-state index in [0.717, 1.165) is 78.2 Å². The molecule has 0 saturated carbocycles. The van der Waals surface area contributed by atoms with Crippen molar-refractivity contribution in [2.75, 3.05) is 0 Å². The second-order valence-corrected chi connectivity index (χ2v) is 11.4. The highest BCUT2D eigenvalue weighted by atomic mass is 15.0. The van der Waals surface area contributed by atoms with Gasteiger partial charge in [0.25, 0.3) is 0 Å². The number of imidazole rings is 1. The molecular weight excluding hydrogens is 576 g/mol. The van der Waals surface area contributed by atoms with E-state index in [1.165, 1.54) is 0 Å². The third-order valence-electron chi connectivity index (χ3n) is 8.50. The van der Waals surface area contributed by atoms with Gasteiger partial charge in [-0.25, -0.2) is 19.9 Å². The molecule has 0 saturated heterocycles. The van der Waals surface area contributed by atoms with Gasteiger partial charge in [0.2, 0.25) is 0 Å². The Labute approximate surface area is 270 Å². The molecule has 220 valence electrons. The molecule has 0 fully saturated rings. The highest BCUT2D eigenvalue weighted by molar-refractivity contribution is 6.09. The lowest BCUT2D eigenvalue weighted by atomic mass is 9.99. The molecule has 0 amide bonds. The smallest absolute Gasteiger partial charge is 0.160 e. The van der Waals surface area contributed by atoms with Gasteiger partial charge in [0.15, 0.2) is 5.82 Å². The van der Waals surface area contributed by atoms with E-state index >= 15 is 0 Å². The van der Waals surface area contributed by atoms with Gasteiger partial charge >= 0.3 is 0 Å². The van der Waals surface area contributed by atoms with Gasteiger partial charge in [-0.15, -0.1) is 0 Å². The predicted molar refractivity (Wildman–Crippen MR) is 189 cm³/mol. The standard InChI is InChI=1S/C41H26N6/c1-2-10-31(11-3-1)41-44-35(26-36(45-41)34-14-6-8-24-42-34)29-20-16-27(17-21-29)28-18-22-30(23-19-28)38-40-39(32-12-4-5-13-33(32)43-38)46-37-15-7-9-25-47(37)40/h1-26H. The van der Waals surface area contributed by atoms with E-state index in [2.05, 4.69) is 76.2 Å². The van der Waals surface area contributed by atoms with Crippen molar-refractivity contribution >= 4 is 27.6 Å². The number of rotatable bonds is 5. The molecule has 47 heavy (non-hydrogen) atoms. The Balaban J connectivity index is 1.08. The van der Waals surface area contributed by atoms with Crippen LogP contribution in [0.2, 0.25) is 0 Å². The highest BCUT2D eigenvalue weighted by Gasteiger charge is 2.16. The molecule has 0 spiro atoms. The third-order valence-corrected chi connectivity index (χ3v) is 8.50. The molecular formula is C41H26N6. The minimum Gasteiger partial charge on any atom is -0.298 e. The zero-order valence-electron chi connectivity index (χ0n) is 25.2. The molecule has 5 heterocycles. The van der Waals surface area contributed by atoms with Gasteiger partial charge in [-0.1, -0.05) is 109 Å². The molecule has 0 bridgehead atoms. The lowest BCUT2D eigenvalue weighted by Crippen LogP contribution is -1.96. The molecule has 0 N–H and O–H groups in total. The Morgan fingerprint density at radius 2 is 1.13 bits per heavy atom. The maximum atomic E-state index is 5.12. The Morgan fingerprint density at radius 3 is 1.91 bits per heavy atom. The maximum absolute atomic E-state index is 5.12. The van der Waals surface area contributed by atoms with E-state index < -0.39 is 0 Å². The number of aromatic nitrogens is 6. The van der Waals surface area contributed by atoms with E-state index in [4.69, 9.17) is 19.9 Å². The molecule has 6 nitrogen and oxygen atoms in total. The van der Waals surface area contributed by atoms with Crippen molar-refractivity contribution < 1.29 is 0 Å². The van der Waals surface area contributed by atoms with E-state index in [-0.39, 0.29) is 0 Å². The summed E-state index contributed by atoms with van der Waals surface area (Å²) < 4.78 is 2.13. The van der Waals surface area contributed by atoms with Crippen LogP contribution in [0.5, 0.6) is 0 Å². The van der Waals surface area contributed by atoms with Gasteiger partial charge < -0.3 is 0 Å². The van der Waals surface area contributed by atoms with Crippen LogP contribution < -0.4 is 0 Å². The second kappa shape index (κ2) is 11.1. The van der Waals surface area contributed by atoms with Crippen LogP contribution in [0.3, 0.4) is 0 Å². The molecule has 9 rings (SSSR count). The number of nitrogens with zero attached hydrogens (tertiary/aromatic N) is 6. The van der Waals surface area contributed by atoms with Crippen LogP contribution in [0.25, 0.3) is 84.0 Å². The fourth-order valence-corrected chi connectivity index (χ4v) is 6.17. The molecule has 5 aromatic heterocycles. The van der Waals surface area contributed by atoms with Crippen LogP contribution in [0.1, 0.15) is 0 Å². The summed E-state index contributed by atoms with van der Waals surface area (Å²) in [5.74, 6) is 0.672. The first-order chi connectivity index (χ1) is 23.3. The summed E-state index contributed by atoms with van der Waals surface area (Å²) in [5.41, 5.74) is 12.4. The summed E-state index contributed by atoms with van der Waals surface area (Å²) in [4.78, 5) is 24.5. The average Bonchev–Trinajstić information content (AvgIpc) is 3.55. The number of fused-ring (bicyclic) bond motifs is 5. The SMILES string of the molecule is c1ccc(-c2nc(-c3ccc(-c4ccc(-c5nc6ccccc6c6nc7ccccn7c56)cc4)cc3)cc(-c3ccccn3)n2)cc1. The van der Waals surface area contributed by atoms with Gasteiger partial charge in [0.1, 0.15) is 11.2 Å². The van der Waals surface area contributed by atoms with E-state index in [9.17, 15) is 0 Å². The molecule has 9 aromatic rings. The van der Waals surface area contributed by atoms with Gasteiger partial charge in [-0.05, 0) is 47.5 Å². The van der Waals surface area contributed by atoms with E-state index in [1.807, 2.05) is 84.9 Å². The van der Waals surface area contributed by atoms with Crippen molar-refractivity contribution in [3.63, 3.8) is 0 Å². The van der Waals surface area contributed by atoms with Gasteiger partial charge in [0, 0.05) is 34.5 Å². The lowest BCUT2D eigenvalue weighted by Gasteiger charge is -2.10. The number of hydrogen-bond donors (Lipinski definition) is 0. The highest BCUT2D eigenvalue weighted by Crippen LogP contribution is 2.34. The van der Waals surface area contributed by atoms with Gasteiger partial charge in [-0.2, -0.15) is 0 Å². The molecule has 0 aliphatic heterocycles. The maximum Gasteiger partial charge on any atom is 0.160 e. The van der Waals surface area contributed by atoms with Gasteiger partial charge in [-0.3, -0.25) is 9.38 Å². The zero-order chi connectivity index (χ0) is 31.2. The van der Waals surface area contributed by atoms with Crippen molar-refractivity contribution in [2.24, 2.45) is 0 Å². The van der Waals surface area contributed by atoms with Crippen molar-refractivity contribution in [3.8, 4) is 56.4 Å². The van der Waals surface area contributed by atoms with E-state index in [1.54, 1.807) is 6.20 Å². The summed E-state index contributed by atoms with van der Waals surface area (Å²) in [7, 11) is 0. The molecule has 0 unspecified atom stereocenters. The molecule has 0 radical (unpaired) electrons. The Morgan fingerprint density at radius 1 is 0.447 bits per heavy atom. The number of para-hydroxylation sites is 1. The zero-order valence-corrected chi connectivity index (χ0v) is 25.2. The third kappa shape index (κ3) is 4.80. The molecule has 0 aliphatic carbocycles. The summed E-state index contributed by atoms with van der Waals surface area (Å²) in [6.45, 7) is 0.